The van der Waals surface area contributed by atoms with Gasteiger partial charge in [0.15, 0.2) is 0 Å². The number of methoxy groups -OCH3 is 1. The van der Waals surface area contributed by atoms with Crippen molar-refractivity contribution >= 4 is 0 Å². The second-order valence-electron chi connectivity index (χ2n) is 6.05. The molecule has 118 valence electrons. The Morgan fingerprint density at radius 1 is 1.33 bits per heavy atom. The first-order chi connectivity index (χ1) is 10.3. The second kappa shape index (κ2) is 8.40. The lowest BCUT2D eigenvalue weighted by Gasteiger charge is -2.40. The van der Waals surface area contributed by atoms with Gasteiger partial charge in [-0.1, -0.05) is 32.4 Å². The lowest BCUT2D eigenvalue weighted by Crippen LogP contribution is -2.56. The van der Waals surface area contributed by atoms with Gasteiger partial charge in [-0.25, -0.2) is 0 Å². The molecule has 0 saturated carbocycles. The molecule has 0 aromatic heterocycles. The Hall–Kier alpha value is -1.06. The van der Waals surface area contributed by atoms with E-state index >= 15 is 0 Å². The highest BCUT2D eigenvalue weighted by molar-refractivity contribution is 5.28. The van der Waals surface area contributed by atoms with Crippen molar-refractivity contribution in [2.24, 2.45) is 0 Å². The average molecular weight is 290 g/mol. The Morgan fingerprint density at radius 2 is 2.19 bits per heavy atom. The summed E-state index contributed by atoms with van der Waals surface area (Å²) in [5.74, 6) is 0.962. The number of ether oxygens (including phenoxy) is 1. The molecule has 1 aromatic rings. The summed E-state index contributed by atoms with van der Waals surface area (Å²) in [5.41, 5.74) is 1.37. The maximum Gasteiger partial charge on any atom is 0.119 e. The van der Waals surface area contributed by atoms with Crippen molar-refractivity contribution in [1.82, 2.24) is 10.2 Å². The number of piperazine rings is 1. The number of nitrogens with one attached hydrogen (secondary N) is 1. The maximum absolute atomic E-state index is 5.31. The summed E-state index contributed by atoms with van der Waals surface area (Å²) in [6.07, 6.45) is 4.88. The summed E-state index contributed by atoms with van der Waals surface area (Å²) < 4.78 is 5.31. The van der Waals surface area contributed by atoms with Crippen LogP contribution in [0, 0.1) is 0 Å². The van der Waals surface area contributed by atoms with Gasteiger partial charge in [-0.15, -0.1) is 0 Å². The van der Waals surface area contributed by atoms with Gasteiger partial charge in [0.1, 0.15) is 5.75 Å². The van der Waals surface area contributed by atoms with Gasteiger partial charge in [-0.05, 0) is 37.0 Å². The molecule has 1 aromatic carbocycles. The molecule has 0 spiro atoms. The third-order valence-corrected chi connectivity index (χ3v) is 4.54. The molecule has 21 heavy (non-hydrogen) atoms. The molecular weight excluding hydrogens is 260 g/mol. The predicted molar refractivity (Wildman–Crippen MR) is 89.0 cm³/mol. The zero-order valence-electron chi connectivity index (χ0n) is 13.8. The van der Waals surface area contributed by atoms with E-state index in [1.54, 1.807) is 7.11 Å². The van der Waals surface area contributed by atoms with Gasteiger partial charge in [0.2, 0.25) is 0 Å². The molecule has 3 nitrogen and oxygen atoms in total. The van der Waals surface area contributed by atoms with Crippen molar-refractivity contribution in [1.29, 1.82) is 0 Å². The number of rotatable bonds is 7. The smallest absolute Gasteiger partial charge is 0.119 e. The van der Waals surface area contributed by atoms with E-state index in [-0.39, 0.29) is 0 Å². The van der Waals surface area contributed by atoms with Crippen molar-refractivity contribution in [2.75, 3.05) is 26.7 Å². The van der Waals surface area contributed by atoms with Crippen LogP contribution in [0.1, 0.15) is 38.7 Å². The van der Waals surface area contributed by atoms with Gasteiger partial charge in [0.05, 0.1) is 7.11 Å². The third kappa shape index (κ3) is 4.72. The molecule has 2 unspecified atom stereocenters. The zero-order valence-corrected chi connectivity index (χ0v) is 13.8. The highest BCUT2D eigenvalue weighted by atomic mass is 16.5. The Bertz CT molecular complexity index is 421. The topological polar surface area (TPSA) is 24.5 Å². The summed E-state index contributed by atoms with van der Waals surface area (Å²) in [4.78, 5) is 2.68. The van der Waals surface area contributed by atoms with Crippen LogP contribution >= 0.6 is 0 Å². The van der Waals surface area contributed by atoms with Crippen LogP contribution in [0.3, 0.4) is 0 Å². The number of hydrogen-bond acceptors (Lipinski definition) is 3. The molecule has 1 saturated heterocycles. The minimum atomic E-state index is 0.670. The molecule has 0 aliphatic carbocycles. The van der Waals surface area contributed by atoms with Crippen LogP contribution in [0.15, 0.2) is 24.3 Å². The molecular formula is C18H30N2O. The number of nitrogens with zero attached hydrogens (tertiary/aromatic N) is 1. The summed E-state index contributed by atoms with van der Waals surface area (Å²) in [6.45, 7) is 8.04. The van der Waals surface area contributed by atoms with Gasteiger partial charge in [0.25, 0.3) is 0 Å². The molecule has 0 amide bonds. The summed E-state index contributed by atoms with van der Waals surface area (Å²) in [7, 11) is 1.73. The van der Waals surface area contributed by atoms with Crippen molar-refractivity contribution in [3.05, 3.63) is 29.8 Å². The van der Waals surface area contributed by atoms with Crippen LogP contribution in [0.4, 0.5) is 0 Å². The van der Waals surface area contributed by atoms with Gasteiger partial charge < -0.3 is 10.1 Å². The molecule has 0 radical (unpaired) electrons. The van der Waals surface area contributed by atoms with Gasteiger partial charge in [0, 0.05) is 31.7 Å². The van der Waals surface area contributed by atoms with E-state index in [0.29, 0.717) is 12.1 Å². The van der Waals surface area contributed by atoms with E-state index in [1.165, 1.54) is 31.4 Å². The van der Waals surface area contributed by atoms with Crippen molar-refractivity contribution in [2.45, 2.75) is 51.6 Å². The van der Waals surface area contributed by atoms with E-state index in [9.17, 15) is 0 Å². The normalized spacial score (nSPS) is 23.2. The van der Waals surface area contributed by atoms with E-state index in [2.05, 4.69) is 42.3 Å². The van der Waals surface area contributed by atoms with E-state index in [0.717, 1.165) is 25.3 Å². The molecule has 2 atom stereocenters. The number of hydrogen-bond donors (Lipinski definition) is 1. The van der Waals surface area contributed by atoms with Gasteiger partial charge in [-0.3, -0.25) is 4.90 Å². The van der Waals surface area contributed by atoms with Crippen LogP contribution in [0.2, 0.25) is 0 Å². The minimum absolute atomic E-state index is 0.670. The SMILES string of the molecule is CCCC1CN(CCc2cccc(OC)c2)C(CC)CN1. The second-order valence-corrected chi connectivity index (χ2v) is 6.05. The fourth-order valence-corrected chi connectivity index (χ4v) is 3.25. The van der Waals surface area contributed by atoms with Crippen LogP contribution < -0.4 is 10.1 Å². The Morgan fingerprint density at radius 3 is 2.90 bits per heavy atom. The van der Waals surface area contributed by atoms with Crippen LogP contribution in [0.25, 0.3) is 0 Å². The molecule has 0 bridgehead atoms. The van der Waals surface area contributed by atoms with Gasteiger partial charge in [-0.2, -0.15) is 0 Å². The van der Waals surface area contributed by atoms with Crippen molar-refractivity contribution in [3.63, 3.8) is 0 Å². The largest absolute Gasteiger partial charge is 0.497 e. The first-order valence-electron chi connectivity index (χ1n) is 8.37. The van der Waals surface area contributed by atoms with Crippen LogP contribution in [-0.4, -0.2) is 43.7 Å². The van der Waals surface area contributed by atoms with Crippen molar-refractivity contribution in [3.8, 4) is 5.75 Å². The average Bonchev–Trinajstić information content (AvgIpc) is 2.53. The Kier molecular flexibility index (Phi) is 6.52. The Balaban J connectivity index is 1.91. The molecule has 1 N–H and O–H groups in total. The lowest BCUT2D eigenvalue weighted by atomic mass is 10.0. The van der Waals surface area contributed by atoms with Gasteiger partial charge >= 0.3 is 0 Å². The fraction of sp³-hybridized carbons (Fsp3) is 0.667. The third-order valence-electron chi connectivity index (χ3n) is 4.54. The van der Waals surface area contributed by atoms with E-state index < -0.39 is 0 Å². The minimum Gasteiger partial charge on any atom is -0.497 e. The highest BCUT2D eigenvalue weighted by Gasteiger charge is 2.25. The van der Waals surface area contributed by atoms with E-state index in [1.807, 2.05) is 6.07 Å². The van der Waals surface area contributed by atoms with Crippen LogP contribution in [0.5, 0.6) is 5.75 Å². The molecule has 3 heteroatoms. The van der Waals surface area contributed by atoms with Crippen molar-refractivity contribution < 1.29 is 4.74 Å². The summed E-state index contributed by atoms with van der Waals surface area (Å²) in [5, 5.41) is 3.71. The highest BCUT2D eigenvalue weighted by Crippen LogP contribution is 2.16. The Labute approximate surface area is 129 Å². The molecule has 1 heterocycles. The maximum atomic E-state index is 5.31. The first kappa shape index (κ1) is 16.3. The van der Waals surface area contributed by atoms with E-state index in [4.69, 9.17) is 4.74 Å². The first-order valence-corrected chi connectivity index (χ1v) is 8.37. The molecule has 2 rings (SSSR count). The molecule has 1 aliphatic rings. The quantitative estimate of drug-likeness (QED) is 0.835. The predicted octanol–water partition coefficient (Wildman–Crippen LogP) is 3.09. The number of benzene rings is 1. The fourth-order valence-electron chi connectivity index (χ4n) is 3.25. The standard InChI is InChI=1S/C18H30N2O/c1-4-7-16-14-20(17(5-2)13-19-16)11-10-15-8-6-9-18(12-15)21-3/h6,8-9,12,16-17,19H,4-5,7,10-11,13-14H2,1-3H3. The zero-order chi connectivity index (χ0) is 15.1. The molecule has 1 fully saturated rings. The summed E-state index contributed by atoms with van der Waals surface area (Å²) >= 11 is 0. The monoisotopic (exact) mass is 290 g/mol. The van der Waals surface area contributed by atoms with Crippen LogP contribution in [-0.2, 0) is 6.42 Å². The molecule has 1 aliphatic heterocycles. The summed E-state index contributed by atoms with van der Waals surface area (Å²) in [6, 6.07) is 9.82. The lowest BCUT2D eigenvalue weighted by molar-refractivity contribution is 0.124.